The Morgan fingerprint density at radius 1 is 1.25 bits per heavy atom. The number of ether oxygens (including phenoxy) is 1. The highest BCUT2D eigenvalue weighted by atomic mass is 16.5. The molecule has 0 saturated carbocycles. The van der Waals surface area contributed by atoms with Crippen molar-refractivity contribution in [1.82, 2.24) is 4.57 Å². The van der Waals surface area contributed by atoms with Crippen LogP contribution in [0.15, 0.2) is 51.7 Å². The molecule has 0 fully saturated rings. The Hall–Kier alpha value is -2.69. The molecule has 1 aromatic heterocycles. The number of anilines is 1. The summed E-state index contributed by atoms with van der Waals surface area (Å²) in [6.07, 6.45) is 0. The Labute approximate surface area is 115 Å². The van der Waals surface area contributed by atoms with Crippen molar-refractivity contribution in [3.63, 3.8) is 0 Å². The van der Waals surface area contributed by atoms with Crippen molar-refractivity contribution in [2.75, 3.05) is 12.8 Å². The maximum atomic E-state index is 12.0. The van der Waals surface area contributed by atoms with Gasteiger partial charge in [0.1, 0.15) is 5.75 Å². The van der Waals surface area contributed by atoms with Crippen LogP contribution in [0.1, 0.15) is 5.56 Å². The largest absolute Gasteiger partial charge is 0.496 e. The number of nitrogens with two attached hydrogens (primary N) is 1. The molecule has 3 aromatic rings. The molecule has 102 valence electrons. The predicted octanol–water partition coefficient (Wildman–Crippen LogP) is 2.23. The minimum absolute atomic E-state index is 0.389. The molecule has 1 heterocycles. The average Bonchev–Trinajstić information content (AvgIpc) is 2.75. The third-order valence-corrected chi connectivity index (χ3v) is 3.21. The Morgan fingerprint density at radius 2 is 2.05 bits per heavy atom. The molecular weight excluding hydrogens is 256 g/mol. The number of aromatic nitrogens is 1. The highest BCUT2D eigenvalue weighted by molar-refractivity contribution is 5.76. The first-order chi connectivity index (χ1) is 9.69. The lowest BCUT2D eigenvalue weighted by atomic mass is 10.2. The maximum Gasteiger partial charge on any atom is 0.420 e. The molecule has 0 aliphatic rings. The van der Waals surface area contributed by atoms with Crippen LogP contribution in [0.4, 0.5) is 5.69 Å². The molecule has 20 heavy (non-hydrogen) atoms. The number of nitrogens with zero attached hydrogens (tertiary/aromatic N) is 1. The third kappa shape index (κ3) is 2.03. The fourth-order valence-electron chi connectivity index (χ4n) is 2.24. The molecule has 2 aromatic carbocycles. The molecule has 0 bridgehead atoms. The summed E-state index contributed by atoms with van der Waals surface area (Å²) in [4.78, 5) is 12.0. The smallest absolute Gasteiger partial charge is 0.420 e. The molecule has 0 aliphatic carbocycles. The van der Waals surface area contributed by atoms with Crippen LogP contribution in [0.25, 0.3) is 11.1 Å². The van der Waals surface area contributed by atoms with Gasteiger partial charge in [-0.25, -0.2) is 4.79 Å². The first-order valence-corrected chi connectivity index (χ1v) is 6.20. The van der Waals surface area contributed by atoms with Gasteiger partial charge >= 0.3 is 5.76 Å². The number of hydrogen-bond donors (Lipinski definition) is 1. The molecule has 5 nitrogen and oxygen atoms in total. The topological polar surface area (TPSA) is 70.4 Å². The summed E-state index contributed by atoms with van der Waals surface area (Å²) in [6.45, 7) is 0.389. The van der Waals surface area contributed by atoms with E-state index in [0.717, 1.165) is 16.8 Å². The quantitative estimate of drug-likeness (QED) is 0.741. The van der Waals surface area contributed by atoms with Gasteiger partial charge in [-0.15, -0.1) is 0 Å². The summed E-state index contributed by atoms with van der Waals surface area (Å²) in [5, 5.41) is 0. The van der Waals surface area contributed by atoms with Crippen LogP contribution in [-0.2, 0) is 6.54 Å². The molecule has 3 rings (SSSR count). The molecule has 0 amide bonds. The minimum atomic E-state index is -0.406. The monoisotopic (exact) mass is 270 g/mol. The van der Waals surface area contributed by atoms with E-state index in [1.807, 2.05) is 24.3 Å². The van der Waals surface area contributed by atoms with Gasteiger partial charge in [-0.1, -0.05) is 18.2 Å². The van der Waals surface area contributed by atoms with Gasteiger partial charge in [0.15, 0.2) is 5.58 Å². The van der Waals surface area contributed by atoms with Crippen LogP contribution in [0.3, 0.4) is 0 Å². The Bertz CT molecular complexity index is 817. The fourth-order valence-corrected chi connectivity index (χ4v) is 2.24. The van der Waals surface area contributed by atoms with E-state index in [9.17, 15) is 4.79 Å². The lowest BCUT2D eigenvalue weighted by Gasteiger charge is -2.08. The lowest BCUT2D eigenvalue weighted by Crippen LogP contribution is -2.15. The Kier molecular flexibility index (Phi) is 2.95. The fraction of sp³-hybridized carbons (Fsp3) is 0.133. The molecule has 5 heteroatoms. The standard InChI is InChI=1S/C15H14N2O3/c1-19-13-5-3-2-4-10(13)9-17-12-7-6-11(16)8-14(12)20-15(17)18/h2-8H,9,16H2,1H3. The van der Waals surface area contributed by atoms with Gasteiger partial charge in [0, 0.05) is 17.3 Å². The van der Waals surface area contributed by atoms with E-state index in [1.54, 1.807) is 29.9 Å². The number of fused-ring (bicyclic) bond motifs is 1. The predicted molar refractivity (Wildman–Crippen MR) is 77.0 cm³/mol. The van der Waals surface area contributed by atoms with Crippen molar-refractivity contribution in [3.05, 3.63) is 58.6 Å². The Balaban J connectivity index is 2.11. The van der Waals surface area contributed by atoms with Crippen molar-refractivity contribution < 1.29 is 9.15 Å². The second-order valence-electron chi connectivity index (χ2n) is 4.49. The van der Waals surface area contributed by atoms with Crippen LogP contribution in [0.2, 0.25) is 0 Å². The summed E-state index contributed by atoms with van der Waals surface area (Å²) in [6, 6.07) is 12.8. The van der Waals surface area contributed by atoms with Gasteiger partial charge in [-0.05, 0) is 18.2 Å². The second-order valence-corrected chi connectivity index (χ2v) is 4.49. The van der Waals surface area contributed by atoms with Crippen molar-refractivity contribution >= 4 is 16.8 Å². The summed E-state index contributed by atoms with van der Waals surface area (Å²) in [5.74, 6) is 0.334. The molecule has 0 atom stereocenters. The lowest BCUT2D eigenvalue weighted by molar-refractivity contribution is 0.407. The zero-order chi connectivity index (χ0) is 14.1. The molecular formula is C15H14N2O3. The summed E-state index contributed by atoms with van der Waals surface area (Å²) >= 11 is 0. The first kappa shape index (κ1) is 12.3. The van der Waals surface area contributed by atoms with E-state index in [-0.39, 0.29) is 0 Å². The summed E-state index contributed by atoms with van der Waals surface area (Å²) in [5.41, 5.74) is 8.38. The van der Waals surface area contributed by atoms with Gasteiger partial charge in [0.25, 0.3) is 0 Å². The van der Waals surface area contributed by atoms with Crippen LogP contribution in [0, 0.1) is 0 Å². The van der Waals surface area contributed by atoms with E-state index in [1.165, 1.54) is 0 Å². The van der Waals surface area contributed by atoms with Crippen molar-refractivity contribution in [3.8, 4) is 5.75 Å². The normalized spacial score (nSPS) is 10.8. The zero-order valence-electron chi connectivity index (χ0n) is 11.0. The molecule has 0 spiro atoms. The van der Waals surface area contributed by atoms with E-state index in [2.05, 4.69) is 0 Å². The molecule has 0 aliphatic heterocycles. The van der Waals surface area contributed by atoms with Gasteiger partial charge in [-0.2, -0.15) is 0 Å². The van der Waals surface area contributed by atoms with E-state index >= 15 is 0 Å². The number of nitrogen functional groups attached to an aromatic ring is 1. The number of oxazole rings is 1. The van der Waals surface area contributed by atoms with Crippen LogP contribution >= 0.6 is 0 Å². The van der Waals surface area contributed by atoms with Crippen LogP contribution < -0.4 is 16.2 Å². The van der Waals surface area contributed by atoms with E-state index < -0.39 is 5.76 Å². The molecule has 2 N–H and O–H groups in total. The van der Waals surface area contributed by atoms with Gasteiger partial charge < -0.3 is 14.9 Å². The summed E-state index contributed by atoms with van der Waals surface area (Å²) < 4.78 is 12.1. The number of rotatable bonds is 3. The maximum absolute atomic E-state index is 12.0. The van der Waals surface area contributed by atoms with Gasteiger partial charge in [0.05, 0.1) is 19.2 Å². The molecule has 0 radical (unpaired) electrons. The van der Waals surface area contributed by atoms with Crippen molar-refractivity contribution in [1.29, 1.82) is 0 Å². The van der Waals surface area contributed by atoms with Gasteiger partial charge in [-0.3, -0.25) is 4.57 Å². The first-order valence-electron chi connectivity index (χ1n) is 6.20. The van der Waals surface area contributed by atoms with Crippen molar-refractivity contribution in [2.45, 2.75) is 6.54 Å². The van der Waals surface area contributed by atoms with Gasteiger partial charge in [0.2, 0.25) is 0 Å². The third-order valence-electron chi connectivity index (χ3n) is 3.21. The average molecular weight is 270 g/mol. The van der Waals surface area contributed by atoms with Crippen molar-refractivity contribution in [2.24, 2.45) is 0 Å². The van der Waals surface area contributed by atoms with Crippen LogP contribution in [-0.4, -0.2) is 11.7 Å². The number of benzene rings is 2. The molecule has 0 unspecified atom stereocenters. The number of methoxy groups -OCH3 is 1. The minimum Gasteiger partial charge on any atom is -0.496 e. The summed E-state index contributed by atoms with van der Waals surface area (Å²) in [7, 11) is 1.61. The molecule has 0 saturated heterocycles. The highest BCUT2D eigenvalue weighted by Gasteiger charge is 2.11. The number of para-hydroxylation sites is 1. The van der Waals surface area contributed by atoms with E-state index in [4.69, 9.17) is 14.9 Å². The highest BCUT2D eigenvalue weighted by Crippen LogP contribution is 2.21. The SMILES string of the molecule is COc1ccccc1Cn1c(=O)oc2cc(N)ccc21. The van der Waals surface area contributed by atoms with Crippen LogP contribution in [0.5, 0.6) is 5.75 Å². The second kappa shape index (κ2) is 4.77. The van der Waals surface area contributed by atoms with E-state index in [0.29, 0.717) is 17.8 Å². The zero-order valence-corrected chi connectivity index (χ0v) is 11.0. The Morgan fingerprint density at radius 3 is 2.85 bits per heavy atom. The number of hydrogen-bond acceptors (Lipinski definition) is 4.